The number of ether oxygens (including phenoxy) is 1. The third-order valence-electron chi connectivity index (χ3n) is 5.03. The number of para-hydroxylation sites is 1. The van der Waals surface area contributed by atoms with Gasteiger partial charge in [-0.3, -0.25) is 0 Å². The highest BCUT2D eigenvalue weighted by Crippen LogP contribution is 2.34. The van der Waals surface area contributed by atoms with Crippen molar-refractivity contribution in [1.82, 2.24) is 15.0 Å². The molecule has 0 bridgehead atoms. The lowest BCUT2D eigenvalue weighted by Crippen LogP contribution is -2.03. The maximum Gasteiger partial charge on any atom is 0.337 e. The highest BCUT2D eigenvalue weighted by atomic mass is 16.5. The van der Waals surface area contributed by atoms with Crippen molar-refractivity contribution < 1.29 is 19.7 Å². The van der Waals surface area contributed by atoms with Gasteiger partial charge in [-0.2, -0.15) is 0 Å². The number of hydrogen-bond donors (Lipinski definition) is 2. The van der Waals surface area contributed by atoms with Crippen molar-refractivity contribution in [3.05, 3.63) is 77.4 Å². The second-order valence-electron chi connectivity index (χ2n) is 7.37. The topological polar surface area (TPSA) is 105 Å². The molecule has 2 N–H and O–H groups in total. The molecule has 0 aliphatic rings. The Labute approximate surface area is 212 Å². The van der Waals surface area contributed by atoms with Crippen LogP contribution in [0.3, 0.4) is 0 Å². The summed E-state index contributed by atoms with van der Waals surface area (Å²) in [5.74, 6) is 0.525. The van der Waals surface area contributed by atoms with Gasteiger partial charge in [-0.15, -0.1) is 0 Å². The Balaban J connectivity index is 0.00000109. The summed E-state index contributed by atoms with van der Waals surface area (Å²) in [6.45, 7) is 11.8. The molecule has 0 saturated carbocycles. The molecule has 3 aromatic carbocycles. The molecular formula is C29H33N3O4. The Morgan fingerprint density at radius 2 is 1.33 bits per heavy atom. The van der Waals surface area contributed by atoms with E-state index in [1.54, 1.807) is 54.6 Å². The van der Waals surface area contributed by atoms with E-state index in [4.69, 9.17) is 4.74 Å². The zero-order chi connectivity index (χ0) is 26.8. The number of aromatic hydroxyl groups is 2. The van der Waals surface area contributed by atoms with Crippen molar-refractivity contribution >= 4 is 5.97 Å². The van der Waals surface area contributed by atoms with E-state index in [2.05, 4.69) is 15.0 Å². The lowest BCUT2D eigenvalue weighted by molar-refractivity contribution is 0.0600. The summed E-state index contributed by atoms with van der Waals surface area (Å²) in [7, 11) is 1.32. The van der Waals surface area contributed by atoms with Gasteiger partial charge in [0.05, 0.1) is 23.8 Å². The summed E-state index contributed by atoms with van der Waals surface area (Å²) in [6, 6.07) is 17.0. The number of hydrogen-bond acceptors (Lipinski definition) is 7. The second-order valence-corrected chi connectivity index (χ2v) is 7.37. The van der Waals surface area contributed by atoms with Crippen LogP contribution in [0.4, 0.5) is 0 Å². The van der Waals surface area contributed by atoms with E-state index in [1.165, 1.54) is 7.11 Å². The normalized spacial score (nSPS) is 9.86. The second kappa shape index (κ2) is 13.0. The number of phenolic OH excluding ortho intramolecular Hbond substituents is 2. The third-order valence-corrected chi connectivity index (χ3v) is 5.03. The molecule has 0 atom stereocenters. The summed E-state index contributed by atoms with van der Waals surface area (Å²) in [4.78, 5) is 25.5. The summed E-state index contributed by atoms with van der Waals surface area (Å²) in [5, 5.41) is 21.0. The lowest BCUT2D eigenvalue weighted by Gasteiger charge is -2.12. The summed E-state index contributed by atoms with van der Waals surface area (Å²) >= 11 is 0. The van der Waals surface area contributed by atoms with Crippen molar-refractivity contribution in [3.8, 4) is 45.7 Å². The number of phenols is 2. The molecule has 4 rings (SSSR count). The average molecular weight is 488 g/mol. The van der Waals surface area contributed by atoms with E-state index in [0.29, 0.717) is 28.1 Å². The number of benzene rings is 3. The Hall–Kier alpha value is -4.26. The fraction of sp³-hybridized carbons (Fsp3) is 0.241. The largest absolute Gasteiger partial charge is 0.507 e. The van der Waals surface area contributed by atoms with Crippen LogP contribution in [0.15, 0.2) is 60.7 Å². The summed E-state index contributed by atoms with van der Waals surface area (Å²) in [6.07, 6.45) is 0. The molecule has 0 unspecified atom stereocenters. The van der Waals surface area contributed by atoms with Gasteiger partial charge in [-0.25, -0.2) is 19.7 Å². The quantitative estimate of drug-likeness (QED) is 0.307. The zero-order valence-electron chi connectivity index (χ0n) is 21.8. The van der Waals surface area contributed by atoms with Crippen LogP contribution in [0, 0.1) is 13.8 Å². The number of esters is 1. The van der Waals surface area contributed by atoms with E-state index in [-0.39, 0.29) is 23.1 Å². The first-order valence-corrected chi connectivity index (χ1v) is 11.9. The van der Waals surface area contributed by atoms with E-state index in [0.717, 1.165) is 11.1 Å². The monoisotopic (exact) mass is 487 g/mol. The lowest BCUT2D eigenvalue weighted by atomic mass is 10.0. The third kappa shape index (κ3) is 6.24. The standard InChI is InChI=1S/C25H21N3O4.2C2H6/c1-14-12-15(2)21(20(30)13-14)24-27-22(16-8-10-17(11-9-16)25(31)32-3)26-23(28-24)18-6-4-5-7-19(18)29;2*1-2/h4-13,29-30H,1-3H3;2*1-2H3. The minimum atomic E-state index is -0.442. The first-order chi connectivity index (χ1) is 17.4. The number of rotatable bonds is 4. The highest BCUT2D eigenvalue weighted by molar-refractivity contribution is 5.89. The van der Waals surface area contributed by atoms with E-state index >= 15 is 0 Å². The average Bonchev–Trinajstić information content (AvgIpc) is 2.90. The highest BCUT2D eigenvalue weighted by Gasteiger charge is 2.18. The van der Waals surface area contributed by atoms with Crippen LogP contribution in [0.25, 0.3) is 34.2 Å². The van der Waals surface area contributed by atoms with Crippen molar-refractivity contribution in [2.75, 3.05) is 7.11 Å². The van der Waals surface area contributed by atoms with Gasteiger partial charge >= 0.3 is 5.97 Å². The van der Waals surface area contributed by atoms with Crippen LogP contribution in [-0.4, -0.2) is 38.2 Å². The predicted molar refractivity (Wildman–Crippen MR) is 143 cm³/mol. The first kappa shape index (κ1) is 28.0. The number of aryl methyl sites for hydroxylation is 2. The maximum absolute atomic E-state index is 11.8. The number of methoxy groups -OCH3 is 1. The fourth-order valence-corrected chi connectivity index (χ4v) is 3.51. The molecule has 7 heteroatoms. The maximum atomic E-state index is 11.8. The Kier molecular flexibility index (Phi) is 10.1. The smallest absolute Gasteiger partial charge is 0.337 e. The first-order valence-electron chi connectivity index (χ1n) is 11.9. The molecule has 7 nitrogen and oxygen atoms in total. The van der Waals surface area contributed by atoms with Crippen LogP contribution >= 0.6 is 0 Å². The van der Waals surface area contributed by atoms with Gasteiger partial charge in [0, 0.05) is 5.56 Å². The molecule has 0 aliphatic carbocycles. The van der Waals surface area contributed by atoms with Gasteiger partial charge in [-0.05, 0) is 55.3 Å². The number of aromatic nitrogens is 3. The fourth-order valence-electron chi connectivity index (χ4n) is 3.51. The van der Waals surface area contributed by atoms with Gasteiger partial charge in [0.25, 0.3) is 0 Å². The van der Waals surface area contributed by atoms with Crippen molar-refractivity contribution in [2.24, 2.45) is 0 Å². The van der Waals surface area contributed by atoms with Crippen LogP contribution < -0.4 is 0 Å². The molecule has 0 amide bonds. The van der Waals surface area contributed by atoms with Crippen LogP contribution in [0.1, 0.15) is 49.2 Å². The van der Waals surface area contributed by atoms with Gasteiger partial charge < -0.3 is 14.9 Å². The van der Waals surface area contributed by atoms with Crippen LogP contribution in [0.2, 0.25) is 0 Å². The van der Waals surface area contributed by atoms with Gasteiger partial charge in [-0.1, -0.05) is 58.0 Å². The van der Waals surface area contributed by atoms with Crippen molar-refractivity contribution in [1.29, 1.82) is 0 Å². The number of nitrogens with zero attached hydrogens (tertiary/aromatic N) is 3. The summed E-state index contributed by atoms with van der Waals surface area (Å²) in [5.41, 5.74) is 3.69. The molecule has 1 heterocycles. The Morgan fingerprint density at radius 3 is 1.92 bits per heavy atom. The van der Waals surface area contributed by atoms with Gasteiger partial charge in [0.1, 0.15) is 11.5 Å². The minimum absolute atomic E-state index is 0.0292. The van der Waals surface area contributed by atoms with E-state index in [1.807, 2.05) is 47.6 Å². The van der Waals surface area contributed by atoms with E-state index in [9.17, 15) is 15.0 Å². The number of carbonyl (C=O) groups excluding carboxylic acids is 1. The van der Waals surface area contributed by atoms with Crippen LogP contribution in [0.5, 0.6) is 11.5 Å². The van der Waals surface area contributed by atoms with Gasteiger partial charge in [0.15, 0.2) is 17.5 Å². The molecule has 0 fully saturated rings. The molecule has 0 saturated heterocycles. The van der Waals surface area contributed by atoms with Gasteiger partial charge in [0.2, 0.25) is 0 Å². The zero-order valence-corrected chi connectivity index (χ0v) is 21.8. The minimum Gasteiger partial charge on any atom is -0.507 e. The molecule has 0 radical (unpaired) electrons. The molecule has 36 heavy (non-hydrogen) atoms. The SMILES string of the molecule is CC.CC.COC(=O)c1ccc(-c2nc(-c3ccccc3O)nc(-c3c(C)cc(C)cc3O)n2)cc1. The molecule has 0 aliphatic heterocycles. The molecule has 188 valence electrons. The van der Waals surface area contributed by atoms with Crippen molar-refractivity contribution in [3.63, 3.8) is 0 Å². The molecule has 4 aromatic rings. The Bertz CT molecular complexity index is 1300. The van der Waals surface area contributed by atoms with E-state index < -0.39 is 5.97 Å². The van der Waals surface area contributed by atoms with Crippen molar-refractivity contribution in [2.45, 2.75) is 41.5 Å². The molecule has 1 aromatic heterocycles. The molecular weight excluding hydrogens is 454 g/mol. The molecule has 0 spiro atoms. The number of carbonyl (C=O) groups is 1. The summed E-state index contributed by atoms with van der Waals surface area (Å²) < 4.78 is 4.75. The predicted octanol–water partition coefficient (Wildman–Crippen LogP) is 6.74. The Morgan fingerprint density at radius 1 is 0.750 bits per heavy atom. The van der Waals surface area contributed by atoms with Crippen LogP contribution in [-0.2, 0) is 4.74 Å².